The van der Waals surface area contributed by atoms with Crippen LogP contribution in [0.1, 0.15) is 22.0 Å². The number of ether oxygens (including phenoxy) is 1. The zero-order chi connectivity index (χ0) is 18.1. The highest BCUT2D eigenvalue weighted by molar-refractivity contribution is 6.31. The van der Waals surface area contributed by atoms with E-state index in [1.54, 1.807) is 23.1 Å². The van der Waals surface area contributed by atoms with Crippen LogP contribution in [-0.2, 0) is 4.74 Å². The predicted octanol–water partition coefficient (Wildman–Crippen LogP) is 3.40. The molecule has 1 fully saturated rings. The van der Waals surface area contributed by atoms with Crippen molar-refractivity contribution in [2.24, 2.45) is 0 Å². The normalized spacial score (nSPS) is 17.4. The van der Waals surface area contributed by atoms with Crippen molar-refractivity contribution in [1.29, 1.82) is 0 Å². The first kappa shape index (κ1) is 16.8. The minimum Gasteiger partial charge on any atom is -0.370 e. The monoisotopic (exact) mass is 368 g/mol. The van der Waals surface area contributed by atoms with E-state index < -0.39 is 0 Å². The van der Waals surface area contributed by atoms with Crippen LogP contribution in [0.5, 0.6) is 0 Å². The molecular weight excluding hydrogens is 352 g/mol. The molecule has 0 unspecified atom stereocenters. The van der Waals surface area contributed by atoms with Crippen LogP contribution in [0, 0.1) is 0 Å². The molecular formula is C20H17ClN2O3. The van der Waals surface area contributed by atoms with Gasteiger partial charge in [0, 0.05) is 23.2 Å². The van der Waals surface area contributed by atoms with Gasteiger partial charge in [0.15, 0.2) is 0 Å². The Bertz CT molecular complexity index is 1020. The minimum absolute atomic E-state index is 0.133. The lowest BCUT2D eigenvalue weighted by Gasteiger charge is -2.33. The second-order valence-electron chi connectivity index (χ2n) is 6.24. The first-order valence-electron chi connectivity index (χ1n) is 8.40. The number of aromatic nitrogens is 1. The van der Waals surface area contributed by atoms with E-state index in [2.05, 4.69) is 4.98 Å². The third-order valence-electron chi connectivity index (χ3n) is 4.60. The van der Waals surface area contributed by atoms with Crippen LogP contribution >= 0.6 is 11.6 Å². The highest BCUT2D eigenvalue weighted by Gasteiger charge is 2.27. The number of fused-ring (bicyclic) bond motifs is 1. The van der Waals surface area contributed by atoms with E-state index in [4.69, 9.17) is 16.3 Å². The first-order chi connectivity index (χ1) is 12.6. The molecule has 1 amide bonds. The highest BCUT2D eigenvalue weighted by Crippen LogP contribution is 2.23. The molecule has 0 radical (unpaired) electrons. The maximum Gasteiger partial charge on any atom is 0.259 e. The van der Waals surface area contributed by atoms with Crippen LogP contribution in [-0.4, -0.2) is 35.5 Å². The second-order valence-corrected chi connectivity index (χ2v) is 6.68. The summed E-state index contributed by atoms with van der Waals surface area (Å²) in [6, 6.07) is 14.7. The van der Waals surface area contributed by atoms with Crippen molar-refractivity contribution in [3.05, 3.63) is 81.1 Å². The fourth-order valence-corrected chi connectivity index (χ4v) is 3.40. The zero-order valence-corrected chi connectivity index (χ0v) is 14.7. The fourth-order valence-electron chi connectivity index (χ4n) is 3.23. The molecule has 3 aromatic rings. The van der Waals surface area contributed by atoms with Crippen molar-refractivity contribution in [2.75, 3.05) is 19.7 Å². The summed E-state index contributed by atoms with van der Waals surface area (Å²) in [5.41, 5.74) is 1.48. The Labute approximate surface area is 155 Å². The molecule has 132 valence electrons. The molecule has 26 heavy (non-hydrogen) atoms. The molecule has 6 heteroatoms. The second kappa shape index (κ2) is 6.94. The summed E-state index contributed by atoms with van der Waals surface area (Å²) in [6.07, 6.45) is 1.28. The summed E-state index contributed by atoms with van der Waals surface area (Å²) in [6.45, 7) is 1.31. The lowest BCUT2D eigenvalue weighted by molar-refractivity contribution is -0.0228. The van der Waals surface area contributed by atoms with E-state index in [9.17, 15) is 9.59 Å². The van der Waals surface area contributed by atoms with Gasteiger partial charge in [0.2, 0.25) is 5.43 Å². The minimum atomic E-state index is -0.289. The first-order valence-corrected chi connectivity index (χ1v) is 8.78. The molecule has 2 aromatic carbocycles. The summed E-state index contributed by atoms with van der Waals surface area (Å²) in [4.78, 5) is 30.3. The van der Waals surface area contributed by atoms with Crippen molar-refractivity contribution in [3.63, 3.8) is 0 Å². The van der Waals surface area contributed by atoms with E-state index >= 15 is 0 Å². The van der Waals surface area contributed by atoms with Crippen molar-refractivity contribution >= 4 is 28.4 Å². The van der Waals surface area contributed by atoms with Crippen LogP contribution in [0.15, 0.2) is 59.5 Å². The molecule has 0 spiro atoms. The van der Waals surface area contributed by atoms with Gasteiger partial charge in [-0.15, -0.1) is 0 Å². The van der Waals surface area contributed by atoms with Gasteiger partial charge < -0.3 is 14.6 Å². The molecule has 1 aromatic heterocycles. The number of aromatic amines is 1. The van der Waals surface area contributed by atoms with E-state index in [0.29, 0.717) is 35.6 Å². The fraction of sp³-hybridized carbons (Fsp3) is 0.200. The molecule has 4 rings (SSSR count). The summed E-state index contributed by atoms with van der Waals surface area (Å²) in [5.74, 6) is -0.285. The predicted molar refractivity (Wildman–Crippen MR) is 101 cm³/mol. The number of nitrogens with one attached hydrogen (secondary N) is 1. The lowest BCUT2D eigenvalue weighted by atomic mass is 10.1. The van der Waals surface area contributed by atoms with Gasteiger partial charge in [-0.3, -0.25) is 9.59 Å². The molecule has 1 atom stereocenters. The number of benzene rings is 2. The molecule has 5 nitrogen and oxygen atoms in total. The van der Waals surface area contributed by atoms with Crippen molar-refractivity contribution in [3.8, 4) is 0 Å². The average molecular weight is 369 g/mol. The molecule has 0 saturated carbocycles. The number of pyridine rings is 1. The number of carbonyl (C=O) groups excluding carboxylic acids is 1. The number of hydrogen-bond donors (Lipinski definition) is 1. The van der Waals surface area contributed by atoms with Crippen LogP contribution in [0.4, 0.5) is 0 Å². The van der Waals surface area contributed by atoms with E-state index in [1.165, 1.54) is 6.20 Å². The van der Waals surface area contributed by atoms with Crippen molar-refractivity contribution < 1.29 is 9.53 Å². The molecule has 2 heterocycles. The molecule has 1 N–H and O–H groups in total. The van der Waals surface area contributed by atoms with Gasteiger partial charge in [0.05, 0.1) is 18.7 Å². The van der Waals surface area contributed by atoms with E-state index in [1.807, 2.05) is 30.3 Å². The number of halogens is 1. The van der Waals surface area contributed by atoms with Gasteiger partial charge in [-0.2, -0.15) is 0 Å². The molecule has 0 bridgehead atoms. The Balaban J connectivity index is 1.63. The number of carbonyl (C=O) groups is 1. The SMILES string of the molecule is O=C(c1c[nH]c2cc(Cl)ccc2c1=O)N1CCO[C@@H](c2ccccc2)C1. The third-order valence-corrected chi connectivity index (χ3v) is 4.83. The zero-order valence-electron chi connectivity index (χ0n) is 13.9. The largest absolute Gasteiger partial charge is 0.370 e. The van der Waals surface area contributed by atoms with Crippen LogP contribution in [0.2, 0.25) is 5.02 Å². The number of nitrogens with zero attached hydrogens (tertiary/aromatic N) is 1. The van der Waals surface area contributed by atoms with Gasteiger partial charge in [-0.25, -0.2) is 0 Å². The standard InChI is InChI=1S/C20H17ClN2O3/c21-14-6-7-15-17(10-14)22-11-16(19(15)24)20(25)23-8-9-26-18(12-23)13-4-2-1-3-5-13/h1-7,10-11,18H,8-9,12H2,(H,22,24)/t18-/m1/s1. The Kier molecular flexibility index (Phi) is 4.49. The van der Waals surface area contributed by atoms with Gasteiger partial charge in [-0.1, -0.05) is 41.9 Å². The maximum atomic E-state index is 12.9. The summed E-state index contributed by atoms with van der Waals surface area (Å²) in [5, 5.41) is 0.985. The van der Waals surface area contributed by atoms with Crippen molar-refractivity contribution in [1.82, 2.24) is 9.88 Å². The topological polar surface area (TPSA) is 62.4 Å². The van der Waals surface area contributed by atoms with Gasteiger partial charge in [0.1, 0.15) is 11.7 Å². The maximum absolute atomic E-state index is 12.9. The summed E-state index contributed by atoms with van der Waals surface area (Å²) < 4.78 is 5.80. The third kappa shape index (κ3) is 3.11. The van der Waals surface area contributed by atoms with E-state index in [0.717, 1.165) is 5.56 Å². The molecule has 1 aliphatic heterocycles. The highest BCUT2D eigenvalue weighted by atomic mass is 35.5. The van der Waals surface area contributed by atoms with Crippen molar-refractivity contribution in [2.45, 2.75) is 6.10 Å². The quantitative estimate of drug-likeness (QED) is 0.754. The number of amides is 1. The molecule has 1 aliphatic rings. The average Bonchev–Trinajstić information content (AvgIpc) is 2.68. The lowest BCUT2D eigenvalue weighted by Crippen LogP contribution is -2.43. The molecule has 0 aliphatic carbocycles. The van der Waals surface area contributed by atoms with Gasteiger partial charge in [-0.05, 0) is 23.8 Å². The van der Waals surface area contributed by atoms with Crippen LogP contribution < -0.4 is 5.43 Å². The molecule has 1 saturated heterocycles. The summed E-state index contributed by atoms with van der Waals surface area (Å²) in [7, 11) is 0. The Morgan fingerprint density at radius 1 is 1.19 bits per heavy atom. The van der Waals surface area contributed by atoms with Crippen LogP contribution in [0.3, 0.4) is 0 Å². The number of morpholine rings is 1. The number of rotatable bonds is 2. The Hall–Kier alpha value is -2.63. The Morgan fingerprint density at radius 2 is 2.00 bits per heavy atom. The van der Waals surface area contributed by atoms with E-state index in [-0.39, 0.29) is 23.0 Å². The summed E-state index contributed by atoms with van der Waals surface area (Å²) >= 11 is 5.96. The number of hydrogen-bond acceptors (Lipinski definition) is 3. The smallest absolute Gasteiger partial charge is 0.259 e. The van der Waals surface area contributed by atoms with Gasteiger partial charge >= 0.3 is 0 Å². The van der Waals surface area contributed by atoms with Crippen LogP contribution in [0.25, 0.3) is 10.9 Å². The Morgan fingerprint density at radius 3 is 2.81 bits per heavy atom. The number of H-pyrrole nitrogens is 1. The van der Waals surface area contributed by atoms with Gasteiger partial charge in [0.25, 0.3) is 5.91 Å².